The van der Waals surface area contributed by atoms with E-state index in [1.54, 1.807) is 30.3 Å². The van der Waals surface area contributed by atoms with Crippen LogP contribution in [0.1, 0.15) is 21.5 Å². The molecule has 4 heteroatoms. The number of anilines is 1. The third-order valence-electron chi connectivity index (χ3n) is 2.82. The fourth-order valence-corrected chi connectivity index (χ4v) is 2.07. The minimum Gasteiger partial charge on any atom is -0.398 e. The first kappa shape index (κ1) is 13.3. The van der Waals surface area contributed by atoms with Gasteiger partial charge in [-0.3, -0.25) is 4.79 Å². The number of halogens is 1. The van der Waals surface area contributed by atoms with Crippen LogP contribution in [0.3, 0.4) is 0 Å². The zero-order valence-electron chi connectivity index (χ0n) is 10.1. The van der Waals surface area contributed by atoms with E-state index in [0.29, 0.717) is 22.4 Å². The number of nitrogens with zero attached hydrogens (tertiary/aromatic N) is 1. The van der Waals surface area contributed by atoms with Crippen LogP contribution in [-0.2, 0) is 6.42 Å². The minimum absolute atomic E-state index is 0.134. The molecule has 0 saturated heterocycles. The number of nitriles is 1. The quantitative estimate of drug-likeness (QED) is 0.698. The molecule has 0 spiro atoms. The van der Waals surface area contributed by atoms with E-state index in [2.05, 4.69) is 15.9 Å². The van der Waals surface area contributed by atoms with Crippen LogP contribution in [0.25, 0.3) is 0 Å². The van der Waals surface area contributed by atoms with Gasteiger partial charge in [0, 0.05) is 21.3 Å². The van der Waals surface area contributed by atoms with Gasteiger partial charge in [-0.15, -0.1) is 0 Å². The Bertz CT molecular complexity index is 657. The van der Waals surface area contributed by atoms with Gasteiger partial charge < -0.3 is 5.73 Å². The van der Waals surface area contributed by atoms with Crippen molar-refractivity contribution < 1.29 is 4.79 Å². The maximum Gasteiger partial charge on any atom is 0.195 e. The van der Waals surface area contributed by atoms with E-state index in [4.69, 9.17) is 11.0 Å². The lowest BCUT2D eigenvalue weighted by Crippen LogP contribution is -2.07. The number of carbonyl (C=O) groups is 1. The molecule has 3 nitrogen and oxygen atoms in total. The summed E-state index contributed by atoms with van der Waals surface area (Å²) in [4.78, 5) is 12.4. The molecule has 2 N–H and O–H groups in total. The monoisotopic (exact) mass is 314 g/mol. The first-order valence-corrected chi connectivity index (χ1v) is 6.47. The van der Waals surface area contributed by atoms with E-state index < -0.39 is 0 Å². The molecule has 0 fully saturated rings. The molecule has 0 heterocycles. The van der Waals surface area contributed by atoms with Gasteiger partial charge in [0.2, 0.25) is 0 Å². The van der Waals surface area contributed by atoms with E-state index in [0.717, 1.165) is 4.47 Å². The van der Waals surface area contributed by atoms with Crippen molar-refractivity contribution in [1.82, 2.24) is 0 Å². The third-order valence-corrected chi connectivity index (χ3v) is 3.35. The molecule has 94 valence electrons. The normalized spacial score (nSPS) is 9.89. The van der Waals surface area contributed by atoms with E-state index >= 15 is 0 Å². The average Bonchev–Trinajstić information content (AvgIpc) is 2.41. The van der Waals surface area contributed by atoms with Gasteiger partial charge in [-0.2, -0.15) is 5.26 Å². The third kappa shape index (κ3) is 2.83. The number of hydrogen-bond acceptors (Lipinski definition) is 3. The Hall–Kier alpha value is -2.12. The Balaban J connectivity index is 2.42. The van der Waals surface area contributed by atoms with Crippen molar-refractivity contribution in [1.29, 1.82) is 5.26 Å². The molecule has 2 aromatic carbocycles. The topological polar surface area (TPSA) is 66.9 Å². The Kier molecular flexibility index (Phi) is 3.98. The Labute approximate surface area is 119 Å². The van der Waals surface area contributed by atoms with E-state index in [1.807, 2.05) is 18.2 Å². The van der Waals surface area contributed by atoms with Crippen molar-refractivity contribution in [2.24, 2.45) is 0 Å². The van der Waals surface area contributed by atoms with Crippen LogP contribution in [0.15, 0.2) is 46.9 Å². The summed E-state index contributed by atoms with van der Waals surface area (Å²) in [5, 5.41) is 8.73. The van der Waals surface area contributed by atoms with Gasteiger partial charge in [0.05, 0.1) is 12.5 Å². The molecule has 0 amide bonds. The molecule has 0 atom stereocenters. The van der Waals surface area contributed by atoms with Crippen LogP contribution >= 0.6 is 15.9 Å². The highest BCUT2D eigenvalue weighted by molar-refractivity contribution is 9.10. The number of para-hydroxylation sites is 1. The van der Waals surface area contributed by atoms with Gasteiger partial charge in [-0.05, 0) is 35.9 Å². The van der Waals surface area contributed by atoms with E-state index in [-0.39, 0.29) is 12.2 Å². The second-order valence-corrected chi connectivity index (χ2v) is 4.96. The van der Waals surface area contributed by atoms with Gasteiger partial charge >= 0.3 is 0 Å². The lowest BCUT2D eigenvalue weighted by atomic mass is 9.98. The lowest BCUT2D eigenvalue weighted by Gasteiger charge is -2.08. The molecule has 0 radical (unpaired) electrons. The largest absolute Gasteiger partial charge is 0.398 e. The van der Waals surface area contributed by atoms with E-state index in [1.165, 1.54) is 0 Å². The van der Waals surface area contributed by atoms with E-state index in [9.17, 15) is 4.79 Å². The number of hydrogen-bond donors (Lipinski definition) is 1. The van der Waals surface area contributed by atoms with Crippen LogP contribution in [0.4, 0.5) is 5.69 Å². The lowest BCUT2D eigenvalue weighted by molar-refractivity contribution is 0.103. The average molecular weight is 315 g/mol. The number of carbonyl (C=O) groups excluding carboxylic acids is 1. The van der Waals surface area contributed by atoms with Crippen LogP contribution in [0.5, 0.6) is 0 Å². The van der Waals surface area contributed by atoms with Crippen molar-refractivity contribution in [2.75, 3.05) is 5.73 Å². The molecule has 19 heavy (non-hydrogen) atoms. The fourth-order valence-electron chi connectivity index (χ4n) is 1.81. The Morgan fingerprint density at radius 3 is 2.53 bits per heavy atom. The molecule has 0 aliphatic carbocycles. The summed E-state index contributed by atoms with van der Waals surface area (Å²) in [5.74, 6) is -0.134. The summed E-state index contributed by atoms with van der Waals surface area (Å²) in [5.41, 5.74) is 8.04. The smallest absolute Gasteiger partial charge is 0.195 e. The van der Waals surface area contributed by atoms with Crippen molar-refractivity contribution in [3.05, 3.63) is 63.6 Å². The van der Waals surface area contributed by atoms with Crippen LogP contribution < -0.4 is 5.73 Å². The number of nitrogen functional groups attached to an aromatic ring is 1. The number of nitrogens with two attached hydrogens (primary N) is 1. The predicted octanol–water partition coefficient (Wildman–Crippen LogP) is 3.33. The molecular weight excluding hydrogens is 304 g/mol. The highest BCUT2D eigenvalue weighted by atomic mass is 79.9. The van der Waals surface area contributed by atoms with Crippen LogP contribution in [0.2, 0.25) is 0 Å². The van der Waals surface area contributed by atoms with Gasteiger partial charge in [0.1, 0.15) is 0 Å². The second-order valence-electron chi connectivity index (χ2n) is 4.05. The number of benzene rings is 2. The molecule has 0 bridgehead atoms. The fraction of sp³-hybridized carbons (Fsp3) is 0.0667. The molecule has 0 aliphatic rings. The first-order valence-electron chi connectivity index (χ1n) is 5.68. The molecule has 2 rings (SSSR count). The minimum atomic E-state index is -0.134. The summed E-state index contributed by atoms with van der Waals surface area (Å²) >= 11 is 3.33. The highest BCUT2D eigenvalue weighted by Gasteiger charge is 2.14. The first-order chi connectivity index (χ1) is 9.13. The Morgan fingerprint density at radius 2 is 1.89 bits per heavy atom. The summed E-state index contributed by atoms with van der Waals surface area (Å²) in [7, 11) is 0. The number of ketones is 1. The van der Waals surface area contributed by atoms with Crippen molar-refractivity contribution in [2.45, 2.75) is 6.42 Å². The van der Waals surface area contributed by atoms with Crippen molar-refractivity contribution in [3.63, 3.8) is 0 Å². The molecule has 0 unspecified atom stereocenters. The summed E-state index contributed by atoms with van der Waals surface area (Å²) in [6.45, 7) is 0. The zero-order chi connectivity index (χ0) is 13.8. The molecule has 0 saturated carbocycles. The second kappa shape index (κ2) is 5.68. The zero-order valence-corrected chi connectivity index (χ0v) is 11.6. The van der Waals surface area contributed by atoms with Gasteiger partial charge in [-0.1, -0.05) is 28.1 Å². The van der Waals surface area contributed by atoms with Crippen LogP contribution in [-0.4, -0.2) is 5.78 Å². The number of rotatable bonds is 3. The summed E-state index contributed by atoms with van der Waals surface area (Å²) in [6, 6.07) is 14.3. The summed E-state index contributed by atoms with van der Waals surface area (Å²) in [6.07, 6.45) is 0.202. The predicted molar refractivity (Wildman–Crippen MR) is 77.7 cm³/mol. The van der Waals surface area contributed by atoms with Crippen LogP contribution in [0, 0.1) is 11.3 Å². The van der Waals surface area contributed by atoms with Gasteiger partial charge in [0.25, 0.3) is 0 Å². The maximum atomic E-state index is 12.4. The van der Waals surface area contributed by atoms with Gasteiger partial charge in [0.15, 0.2) is 5.78 Å². The molecule has 0 aromatic heterocycles. The summed E-state index contributed by atoms with van der Waals surface area (Å²) < 4.78 is 0.912. The van der Waals surface area contributed by atoms with Gasteiger partial charge in [-0.25, -0.2) is 0 Å². The SMILES string of the molecule is N#CCc1cccc(C(=O)c2ccc(Br)cc2)c1N. The van der Waals surface area contributed by atoms with Crippen molar-refractivity contribution in [3.8, 4) is 6.07 Å². The highest BCUT2D eigenvalue weighted by Crippen LogP contribution is 2.22. The molecule has 0 aliphatic heterocycles. The molecule has 2 aromatic rings. The Morgan fingerprint density at radius 1 is 1.21 bits per heavy atom. The standard InChI is InChI=1S/C15H11BrN2O/c16-12-6-4-11(5-7-12)15(19)13-3-1-2-10(8-9-17)14(13)18/h1-7H,8,18H2. The van der Waals surface area contributed by atoms with Crippen molar-refractivity contribution >= 4 is 27.4 Å². The maximum absolute atomic E-state index is 12.4. The molecular formula is C15H11BrN2O.